The Kier molecular flexibility index (Phi) is 8.27. The molecule has 196 valence electrons. The molecule has 0 saturated carbocycles. The standard InChI is InChI=1S/C29H28N2O7/c1-4-36-26-18-20(8-13-25(26)38-15-14-37-23-7-5-6-19(2)16-23)17-24-27(32)30-29(34)31(28(24)33)21-9-11-22(35-3)12-10-21/h5-13,16-18H,4,14-15H2,1-3H3,(H,30,32,34). The molecule has 0 aromatic heterocycles. The van der Waals surface area contributed by atoms with Crippen molar-refractivity contribution in [2.24, 2.45) is 0 Å². The van der Waals surface area contributed by atoms with Gasteiger partial charge in [0.1, 0.15) is 30.3 Å². The number of urea groups is 1. The first kappa shape index (κ1) is 26.3. The molecule has 4 amide bonds. The molecule has 38 heavy (non-hydrogen) atoms. The van der Waals surface area contributed by atoms with Gasteiger partial charge in [-0.1, -0.05) is 18.2 Å². The van der Waals surface area contributed by atoms with Crippen LogP contribution in [-0.2, 0) is 9.59 Å². The molecule has 1 aliphatic heterocycles. The third kappa shape index (κ3) is 6.12. The highest BCUT2D eigenvalue weighted by atomic mass is 16.5. The number of nitrogens with zero attached hydrogens (tertiary/aromatic N) is 1. The van der Waals surface area contributed by atoms with Crippen LogP contribution in [-0.4, -0.2) is 44.8 Å². The monoisotopic (exact) mass is 516 g/mol. The van der Waals surface area contributed by atoms with Crippen LogP contribution >= 0.6 is 0 Å². The van der Waals surface area contributed by atoms with Crippen LogP contribution < -0.4 is 29.2 Å². The van der Waals surface area contributed by atoms with Gasteiger partial charge in [0.2, 0.25) is 0 Å². The van der Waals surface area contributed by atoms with Gasteiger partial charge < -0.3 is 18.9 Å². The van der Waals surface area contributed by atoms with Crippen LogP contribution in [0, 0.1) is 6.92 Å². The topological polar surface area (TPSA) is 103 Å². The second-order valence-corrected chi connectivity index (χ2v) is 8.31. The van der Waals surface area contributed by atoms with Crippen LogP contribution in [0.25, 0.3) is 6.08 Å². The molecule has 1 saturated heterocycles. The van der Waals surface area contributed by atoms with E-state index in [-0.39, 0.29) is 12.2 Å². The van der Waals surface area contributed by atoms with E-state index in [4.69, 9.17) is 18.9 Å². The largest absolute Gasteiger partial charge is 0.497 e. The van der Waals surface area contributed by atoms with Gasteiger partial charge >= 0.3 is 6.03 Å². The Hall–Kier alpha value is -4.79. The number of hydrogen-bond acceptors (Lipinski definition) is 7. The summed E-state index contributed by atoms with van der Waals surface area (Å²) in [4.78, 5) is 39.1. The van der Waals surface area contributed by atoms with E-state index >= 15 is 0 Å². The lowest BCUT2D eigenvalue weighted by atomic mass is 10.1. The molecule has 9 nitrogen and oxygen atoms in total. The summed E-state index contributed by atoms with van der Waals surface area (Å²) in [6.45, 7) is 4.84. The summed E-state index contributed by atoms with van der Waals surface area (Å²) in [5, 5.41) is 2.22. The van der Waals surface area contributed by atoms with E-state index in [0.29, 0.717) is 41.7 Å². The summed E-state index contributed by atoms with van der Waals surface area (Å²) in [6, 6.07) is 18.3. The van der Waals surface area contributed by atoms with Gasteiger partial charge in [-0.2, -0.15) is 0 Å². The lowest BCUT2D eigenvalue weighted by Gasteiger charge is -2.26. The third-order valence-corrected chi connectivity index (χ3v) is 5.61. The van der Waals surface area contributed by atoms with Gasteiger partial charge in [-0.05, 0) is 79.6 Å². The van der Waals surface area contributed by atoms with E-state index < -0.39 is 17.8 Å². The zero-order chi connectivity index (χ0) is 27.1. The second-order valence-electron chi connectivity index (χ2n) is 8.31. The molecule has 1 aliphatic rings. The zero-order valence-electron chi connectivity index (χ0n) is 21.4. The van der Waals surface area contributed by atoms with Crippen LogP contribution in [0.15, 0.2) is 72.3 Å². The summed E-state index contributed by atoms with van der Waals surface area (Å²) in [6.07, 6.45) is 1.41. The van der Waals surface area contributed by atoms with Crippen molar-refractivity contribution in [3.8, 4) is 23.0 Å². The molecule has 9 heteroatoms. The highest BCUT2D eigenvalue weighted by Gasteiger charge is 2.36. The minimum Gasteiger partial charge on any atom is -0.497 e. The highest BCUT2D eigenvalue weighted by molar-refractivity contribution is 6.39. The zero-order valence-corrected chi connectivity index (χ0v) is 21.4. The number of imide groups is 2. The van der Waals surface area contributed by atoms with Crippen molar-refractivity contribution in [1.29, 1.82) is 0 Å². The number of benzene rings is 3. The molecule has 0 unspecified atom stereocenters. The molecule has 3 aromatic carbocycles. The Bertz CT molecular complexity index is 1370. The van der Waals surface area contributed by atoms with Crippen molar-refractivity contribution < 1.29 is 33.3 Å². The molecule has 0 radical (unpaired) electrons. The molecular formula is C29H28N2O7. The third-order valence-electron chi connectivity index (χ3n) is 5.61. The maximum Gasteiger partial charge on any atom is 0.335 e. The van der Waals surface area contributed by atoms with Crippen molar-refractivity contribution in [2.75, 3.05) is 31.8 Å². The fourth-order valence-electron chi connectivity index (χ4n) is 3.81. The number of methoxy groups -OCH3 is 1. The molecule has 1 fully saturated rings. The molecule has 0 atom stereocenters. The van der Waals surface area contributed by atoms with Gasteiger partial charge in [0.15, 0.2) is 11.5 Å². The van der Waals surface area contributed by atoms with E-state index in [2.05, 4.69) is 5.32 Å². The first-order valence-corrected chi connectivity index (χ1v) is 12.0. The van der Waals surface area contributed by atoms with Crippen LogP contribution in [0.5, 0.6) is 23.0 Å². The van der Waals surface area contributed by atoms with Gasteiger partial charge in [-0.25, -0.2) is 9.69 Å². The average molecular weight is 517 g/mol. The predicted octanol–water partition coefficient (Wildman–Crippen LogP) is 4.53. The normalized spacial score (nSPS) is 14.3. The first-order valence-electron chi connectivity index (χ1n) is 12.0. The van der Waals surface area contributed by atoms with E-state index in [0.717, 1.165) is 16.2 Å². The van der Waals surface area contributed by atoms with Gasteiger partial charge in [0, 0.05) is 0 Å². The number of carbonyl (C=O) groups excluding carboxylic acids is 3. The smallest absolute Gasteiger partial charge is 0.335 e. The molecule has 1 heterocycles. The second kappa shape index (κ2) is 12.0. The fraction of sp³-hybridized carbons (Fsp3) is 0.207. The van der Waals surface area contributed by atoms with Crippen LogP contribution in [0.1, 0.15) is 18.1 Å². The maximum atomic E-state index is 13.2. The lowest BCUT2D eigenvalue weighted by Crippen LogP contribution is -2.54. The van der Waals surface area contributed by atoms with E-state index in [1.807, 2.05) is 38.1 Å². The number of aryl methyl sites for hydroxylation is 1. The van der Waals surface area contributed by atoms with Gasteiger partial charge in [-0.15, -0.1) is 0 Å². The summed E-state index contributed by atoms with van der Waals surface area (Å²) in [5.41, 5.74) is 1.74. The number of anilines is 1. The van der Waals surface area contributed by atoms with Crippen molar-refractivity contribution in [3.05, 3.63) is 83.4 Å². The summed E-state index contributed by atoms with van der Waals surface area (Å²) < 4.78 is 22.4. The van der Waals surface area contributed by atoms with Crippen LogP contribution in [0.4, 0.5) is 10.5 Å². The van der Waals surface area contributed by atoms with E-state index in [9.17, 15) is 14.4 Å². The van der Waals surface area contributed by atoms with E-state index in [1.165, 1.54) is 13.2 Å². The Balaban J connectivity index is 1.50. The lowest BCUT2D eigenvalue weighted by molar-refractivity contribution is -0.122. The van der Waals surface area contributed by atoms with Gasteiger partial charge in [-0.3, -0.25) is 14.9 Å². The minimum absolute atomic E-state index is 0.192. The number of nitrogens with one attached hydrogen (secondary N) is 1. The van der Waals surface area contributed by atoms with Crippen molar-refractivity contribution in [3.63, 3.8) is 0 Å². The predicted molar refractivity (Wildman–Crippen MR) is 142 cm³/mol. The number of amides is 4. The van der Waals surface area contributed by atoms with Crippen molar-refractivity contribution in [1.82, 2.24) is 5.32 Å². The molecule has 0 spiro atoms. The Morgan fingerprint density at radius 2 is 1.61 bits per heavy atom. The minimum atomic E-state index is -0.825. The molecular weight excluding hydrogens is 488 g/mol. The summed E-state index contributed by atoms with van der Waals surface area (Å²) >= 11 is 0. The van der Waals surface area contributed by atoms with Gasteiger partial charge in [0.05, 0.1) is 19.4 Å². The first-order chi connectivity index (χ1) is 18.4. The Labute approximate surface area is 220 Å². The molecule has 4 rings (SSSR count). The van der Waals surface area contributed by atoms with Crippen molar-refractivity contribution >= 4 is 29.6 Å². The molecule has 0 bridgehead atoms. The number of carbonyl (C=O) groups is 3. The summed E-state index contributed by atoms with van der Waals surface area (Å²) in [5.74, 6) is 0.753. The van der Waals surface area contributed by atoms with Gasteiger partial charge in [0.25, 0.3) is 11.8 Å². The molecule has 3 aromatic rings. The number of hydrogen-bond donors (Lipinski definition) is 1. The Morgan fingerprint density at radius 3 is 2.32 bits per heavy atom. The van der Waals surface area contributed by atoms with Crippen LogP contribution in [0.3, 0.4) is 0 Å². The maximum absolute atomic E-state index is 13.2. The van der Waals surface area contributed by atoms with Crippen LogP contribution in [0.2, 0.25) is 0 Å². The highest BCUT2D eigenvalue weighted by Crippen LogP contribution is 2.30. The summed E-state index contributed by atoms with van der Waals surface area (Å²) in [7, 11) is 1.51. The number of rotatable bonds is 10. The Morgan fingerprint density at radius 1 is 0.842 bits per heavy atom. The fourth-order valence-corrected chi connectivity index (χ4v) is 3.81. The molecule has 0 aliphatic carbocycles. The quantitative estimate of drug-likeness (QED) is 0.240. The SMILES string of the molecule is CCOc1cc(C=C2C(=O)NC(=O)N(c3ccc(OC)cc3)C2=O)ccc1OCCOc1cccc(C)c1. The number of ether oxygens (including phenoxy) is 4. The average Bonchev–Trinajstić information content (AvgIpc) is 2.90. The van der Waals surface area contributed by atoms with E-state index in [1.54, 1.807) is 42.5 Å². The molecule has 1 N–H and O–H groups in total. The number of barbiturate groups is 1. The van der Waals surface area contributed by atoms with Crippen molar-refractivity contribution in [2.45, 2.75) is 13.8 Å².